The van der Waals surface area contributed by atoms with Gasteiger partial charge < -0.3 is 4.52 Å². The lowest BCUT2D eigenvalue weighted by molar-refractivity contribution is 0.101. The average molecular weight is 326 g/mol. The number of hydrogen-bond donors (Lipinski definition) is 0. The first-order chi connectivity index (χ1) is 11.5. The van der Waals surface area contributed by atoms with Crippen molar-refractivity contribution in [3.8, 4) is 11.5 Å². The number of carbonyl (C=O) groups excluding carboxylic acids is 1. The zero-order valence-electron chi connectivity index (χ0n) is 14.0. The Hall–Kier alpha value is -2.90. The van der Waals surface area contributed by atoms with Crippen LogP contribution in [0.2, 0.25) is 0 Å². The van der Waals surface area contributed by atoms with Gasteiger partial charge in [-0.1, -0.05) is 5.16 Å². The molecule has 0 aliphatic carbocycles. The van der Waals surface area contributed by atoms with Crippen molar-refractivity contribution < 1.29 is 9.32 Å². The highest BCUT2D eigenvalue weighted by atomic mass is 16.5. The van der Waals surface area contributed by atoms with Gasteiger partial charge in [-0.15, -0.1) is 5.10 Å². The van der Waals surface area contributed by atoms with Gasteiger partial charge in [-0.3, -0.25) is 9.48 Å². The zero-order chi connectivity index (χ0) is 17.3. The van der Waals surface area contributed by atoms with Gasteiger partial charge in [-0.2, -0.15) is 15.2 Å². The highest BCUT2D eigenvalue weighted by Crippen LogP contribution is 2.21. The molecule has 3 aromatic rings. The van der Waals surface area contributed by atoms with Gasteiger partial charge in [0.05, 0.1) is 17.3 Å². The molecule has 124 valence electrons. The molecule has 0 amide bonds. The predicted octanol–water partition coefficient (Wildman–Crippen LogP) is 2.35. The van der Waals surface area contributed by atoms with Crippen molar-refractivity contribution in [1.82, 2.24) is 30.1 Å². The number of aromatic nitrogens is 6. The summed E-state index contributed by atoms with van der Waals surface area (Å²) in [6, 6.07) is 3.51. The van der Waals surface area contributed by atoms with Crippen molar-refractivity contribution in [3.63, 3.8) is 0 Å². The molecule has 0 aromatic carbocycles. The Morgan fingerprint density at radius 3 is 2.79 bits per heavy atom. The molecule has 0 radical (unpaired) electrons. The third-order valence-corrected chi connectivity index (χ3v) is 3.83. The fourth-order valence-electron chi connectivity index (χ4n) is 2.80. The zero-order valence-corrected chi connectivity index (χ0v) is 14.0. The molecule has 24 heavy (non-hydrogen) atoms. The molecular weight excluding hydrogens is 308 g/mol. The molecule has 0 saturated heterocycles. The summed E-state index contributed by atoms with van der Waals surface area (Å²) < 4.78 is 7.13. The van der Waals surface area contributed by atoms with Gasteiger partial charge in [0.15, 0.2) is 5.78 Å². The summed E-state index contributed by atoms with van der Waals surface area (Å²) in [4.78, 5) is 16.1. The van der Waals surface area contributed by atoms with E-state index in [1.54, 1.807) is 25.3 Å². The lowest BCUT2D eigenvalue weighted by Gasteiger charge is -2.12. The largest absolute Gasteiger partial charge is 0.339 e. The molecular formula is C16H18N6O2. The predicted molar refractivity (Wildman–Crippen MR) is 85.4 cm³/mol. The second kappa shape index (κ2) is 6.31. The van der Waals surface area contributed by atoms with E-state index in [2.05, 4.69) is 25.4 Å². The second-order valence-electron chi connectivity index (χ2n) is 5.72. The standard InChI is InChI=1S/C16H18N6O2/c1-9(22-11(3)15(12(4)23)10(2)20-22)8-14-18-16(21-24-14)13-6-5-7-17-19-13/h5-7,9H,8H2,1-4H3/t9-/m1/s1. The number of carbonyl (C=O) groups is 1. The molecule has 0 bridgehead atoms. The maximum atomic E-state index is 11.7. The molecule has 0 fully saturated rings. The highest BCUT2D eigenvalue weighted by molar-refractivity contribution is 5.96. The van der Waals surface area contributed by atoms with Gasteiger partial charge in [0.25, 0.3) is 0 Å². The van der Waals surface area contributed by atoms with Gasteiger partial charge in [0, 0.05) is 18.3 Å². The van der Waals surface area contributed by atoms with Crippen LogP contribution in [-0.4, -0.2) is 35.9 Å². The van der Waals surface area contributed by atoms with Crippen LogP contribution in [0.25, 0.3) is 11.5 Å². The van der Waals surface area contributed by atoms with Crippen molar-refractivity contribution in [2.45, 2.75) is 40.2 Å². The highest BCUT2D eigenvalue weighted by Gasteiger charge is 2.20. The van der Waals surface area contributed by atoms with Crippen LogP contribution >= 0.6 is 0 Å². The first-order valence-electron chi connectivity index (χ1n) is 7.64. The fraction of sp³-hybridized carbons (Fsp3) is 0.375. The van der Waals surface area contributed by atoms with Crippen LogP contribution in [-0.2, 0) is 6.42 Å². The maximum Gasteiger partial charge on any atom is 0.229 e. The smallest absolute Gasteiger partial charge is 0.229 e. The number of hydrogen-bond acceptors (Lipinski definition) is 7. The molecule has 0 aliphatic heterocycles. The molecule has 0 spiro atoms. The second-order valence-corrected chi connectivity index (χ2v) is 5.72. The number of Topliss-reactive ketones (excluding diaryl/α,β-unsaturated/α-hetero) is 1. The Balaban J connectivity index is 1.81. The van der Waals surface area contributed by atoms with Gasteiger partial charge in [0.2, 0.25) is 11.7 Å². The maximum absolute atomic E-state index is 11.7. The van der Waals surface area contributed by atoms with Gasteiger partial charge in [-0.25, -0.2) is 0 Å². The summed E-state index contributed by atoms with van der Waals surface area (Å²) in [6.07, 6.45) is 2.09. The lowest BCUT2D eigenvalue weighted by Crippen LogP contribution is -2.12. The molecule has 3 rings (SSSR count). The molecule has 0 unspecified atom stereocenters. The SMILES string of the molecule is CC(=O)c1c(C)nn([C@H](C)Cc2nc(-c3cccnn3)no2)c1C. The molecule has 0 N–H and O–H groups in total. The van der Waals surface area contributed by atoms with Crippen LogP contribution in [0.3, 0.4) is 0 Å². The molecule has 1 atom stereocenters. The molecule has 3 heterocycles. The van der Waals surface area contributed by atoms with Gasteiger partial charge in [-0.05, 0) is 39.8 Å². The Kier molecular flexibility index (Phi) is 4.20. The van der Waals surface area contributed by atoms with E-state index in [-0.39, 0.29) is 11.8 Å². The Labute approximate surface area is 138 Å². The minimum atomic E-state index is -0.0213. The van der Waals surface area contributed by atoms with E-state index < -0.39 is 0 Å². The van der Waals surface area contributed by atoms with Gasteiger partial charge >= 0.3 is 0 Å². The molecule has 0 saturated carbocycles. The van der Waals surface area contributed by atoms with Crippen LogP contribution in [0.1, 0.15) is 47.5 Å². The van der Waals surface area contributed by atoms with Crippen LogP contribution < -0.4 is 0 Å². The van der Waals surface area contributed by atoms with E-state index >= 15 is 0 Å². The number of aryl methyl sites for hydroxylation is 1. The van der Waals surface area contributed by atoms with E-state index in [1.807, 2.05) is 25.5 Å². The van der Waals surface area contributed by atoms with E-state index in [1.165, 1.54) is 0 Å². The first kappa shape index (κ1) is 16.0. The third-order valence-electron chi connectivity index (χ3n) is 3.83. The Morgan fingerprint density at radius 1 is 1.38 bits per heavy atom. The number of nitrogens with zero attached hydrogens (tertiary/aromatic N) is 6. The third kappa shape index (κ3) is 2.94. The van der Waals surface area contributed by atoms with E-state index in [0.29, 0.717) is 29.4 Å². The van der Waals surface area contributed by atoms with Crippen LogP contribution in [0.5, 0.6) is 0 Å². The van der Waals surface area contributed by atoms with Gasteiger partial charge in [0.1, 0.15) is 5.69 Å². The monoisotopic (exact) mass is 326 g/mol. The number of ketones is 1. The number of rotatable bonds is 5. The summed E-state index contributed by atoms with van der Waals surface area (Å²) in [5.41, 5.74) is 2.82. The van der Waals surface area contributed by atoms with Crippen LogP contribution in [0.4, 0.5) is 0 Å². The van der Waals surface area contributed by atoms with Crippen molar-refractivity contribution in [3.05, 3.63) is 41.2 Å². The average Bonchev–Trinajstić information content (AvgIpc) is 3.12. The summed E-state index contributed by atoms with van der Waals surface area (Å²) in [5, 5.41) is 16.2. The van der Waals surface area contributed by atoms with E-state index in [4.69, 9.17) is 4.52 Å². The van der Waals surface area contributed by atoms with Crippen molar-refractivity contribution in [2.75, 3.05) is 0 Å². The first-order valence-corrected chi connectivity index (χ1v) is 7.64. The molecule has 8 nitrogen and oxygen atoms in total. The summed E-state index contributed by atoms with van der Waals surface area (Å²) in [6.45, 7) is 7.28. The normalized spacial score (nSPS) is 12.3. The van der Waals surface area contributed by atoms with Crippen molar-refractivity contribution in [2.24, 2.45) is 0 Å². The molecule has 8 heteroatoms. The summed E-state index contributed by atoms with van der Waals surface area (Å²) in [7, 11) is 0. The van der Waals surface area contributed by atoms with Crippen LogP contribution in [0.15, 0.2) is 22.9 Å². The fourth-order valence-corrected chi connectivity index (χ4v) is 2.80. The molecule has 0 aliphatic rings. The van der Waals surface area contributed by atoms with Crippen molar-refractivity contribution >= 4 is 5.78 Å². The summed E-state index contributed by atoms with van der Waals surface area (Å²) in [5.74, 6) is 0.911. The van der Waals surface area contributed by atoms with E-state index in [0.717, 1.165) is 11.4 Å². The van der Waals surface area contributed by atoms with Crippen LogP contribution in [0, 0.1) is 13.8 Å². The molecule has 3 aromatic heterocycles. The quantitative estimate of drug-likeness (QED) is 0.663. The Bertz CT molecular complexity index is 868. The lowest BCUT2D eigenvalue weighted by atomic mass is 10.1. The minimum Gasteiger partial charge on any atom is -0.339 e. The Morgan fingerprint density at radius 2 is 2.17 bits per heavy atom. The van der Waals surface area contributed by atoms with Crippen molar-refractivity contribution in [1.29, 1.82) is 0 Å². The minimum absolute atomic E-state index is 0.0196. The van der Waals surface area contributed by atoms with E-state index in [9.17, 15) is 4.79 Å². The topological polar surface area (TPSA) is 99.6 Å². The summed E-state index contributed by atoms with van der Waals surface area (Å²) >= 11 is 0.